The van der Waals surface area contributed by atoms with Crippen LogP contribution in [0.25, 0.3) is 0 Å². The second kappa shape index (κ2) is 11.5. The maximum Gasteiger partial charge on any atom is 0.274 e. The lowest BCUT2D eigenvalue weighted by Gasteiger charge is -2.12. The zero-order chi connectivity index (χ0) is 24.5. The Morgan fingerprint density at radius 2 is 1.88 bits per heavy atom. The molecule has 0 bridgehead atoms. The lowest BCUT2D eigenvalue weighted by molar-refractivity contribution is 0.0934. The van der Waals surface area contributed by atoms with Gasteiger partial charge in [-0.3, -0.25) is 9.59 Å². The van der Waals surface area contributed by atoms with E-state index in [1.165, 1.54) is 25.1 Å². The molecule has 1 heterocycles. The Kier molecular flexibility index (Phi) is 8.18. The third kappa shape index (κ3) is 5.69. The van der Waals surface area contributed by atoms with Crippen molar-refractivity contribution in [2.24, 2.45) is 0 Å². The van der Waals surface area contributed by atoms with E-state index in [4.69, 9.17) is 9.47 Å². The predicted octanol–water partition coefficient (Wildman–Crippen LogP) is 2.28. The van der Waals surface area contributed by atoms with Crippen molar-refractivity contribution in [3.8, 4) is 17.6 Å². The summed E-state index contributed by atoms with van der Waals surface area (Å²) in [7, 11) is 2.96. The Bertz CT molecular complexity index is 1180. The first-order chi connectivity index (χ1) is 16.5. The van der Waals surface area contributed by atoms with Crippen LogP contribution in [0.2, 0.25) is 0 Å². The molecule has 0 aliphatic carbocycles. The van der Waals surface area contributed by atoms with E-state index in [9.17, 15) is 14.9 Å². The van der Waals surface area contributed by atoms with Gasteiger partial charge >= 0.3 is 0 Å². The number of methoxy groups -OCH3 is 2. The minimum Gasteiger partial charge on any atom is -0.493 e. The standard InChI is InChI=1S/C24H26N6O4/c1-4-16-8-10-17(11-9-16)19(14-25)27-24(32)20-15-30(29-28-20)13-12-26-23(31)18-6-5-7-21(33-2)22(18)34-3/h5-11,15,19H,4,12-13H2,1-3H3,(H,26,31)(H,27,32). The van der Waals surface area contributed by atoms with Crippen LogP contribution in [0.1, 0.15) is 44.9 Å². The lowest BCUT2D eigenvalue weighted by atomic mass is 10.0. The van der Waals surface area contributed by atoms with Crippen LogP contribution < -0.4 is 20.1 Å². The highest BCUT2D eigenvalue weighted by Crippen LogP contribution is 2.30. The molecule has 2 amide bonds. The number of carbonyl (C=O) groups excluding carboxylic acids is 2. The number of aromatic nitrogens is 3. The molecule has 1 unspecified atom stereocenters. The van der Waals surface area contributed by atoms with Crippen LogP contribution in [0, 0.1) is 11.3 Å². The first-order valence-corrected chi connectivity index (χ1v) is 10.7. The highest BCUT2D eigenvalue weighted by atomic mass is 16.5. The van der Waals surface area contributed by atoms with Crippen molar-refractivity contribution in [2.75, 3.05) is 20.8 Å². The van der Waals surface area contributed by atoms with Crippen LogP contribution in [0.15, 0.2) is 48.7 Å². The van der Waals surface area contributed by atoms with Gasteiger partial charge in [-0.15, -0.1) is 5.10 Å². The van der Waals surface area contributed by atoms with Gasteiger partial charge in [0.25, 0.3) is 11.8 Å². The Balaban J connectivity index is 1.56. The molecule has 0 fully saturated rings. The zero-order valence-corrected chi connectivity index (χ0v) is 19.2. The second-order valence-corrected chi connectivity index (χ2v) is 7.29. The normalized spacial score (nSPS) is 11.2. The quantitative estimate of drug-likeness (QED) is 0.472. The highest BCUT2D eigenvalue weighted by molar-refractivity contribution is 5.97. The Labute approximate surface area is 197 Å². The molecule has 176 valence electrons. The van der Waals surface area contributed by atoms with Crippen molar-refractivity contribution in [1.82, 2.24) is 25.6 Å². The summed E-state index contributed by atoms with van der Waals surface area (Å²) >= 11 is 0. The molecular formula is C24H26N6O4. The zero-order valence-electron chi connectivity index (χ0n) is 19.2. The monoisotopic (exact) mass is 462 g/mol. The van der Waals surface area contributed by atoms with E-state index in [2.05, 4.69) is 27.0 Å². The molecule has 10 heteroatoms. The van der Waals surface area contributed by atoms with Gasteiger partial charge in [-0.05, 0) is 29.7 Å². The number of amides is 2. The van der Waals surface area contributed by atoms with Crippen LogP contribution >= 0.6 is 0 Å². The van der Waals surface area contributed by atoms with Crippen LogP contribution in [-0.2, 0) is 13.0 Å². The van der Waals surface area contributed by atoms with Crippen molar-refractivity contribution in [1.29, 1.82) is 5.26 Å². The molecule has 34 heavy (non-hydrogen) atoms. The third-order valence-electron chi connectivity index (χ3n) is 5.17. The van der Waals surface area contributed by atoms with E-state index < -0.39 is 11.9 Å². The number of carbonyl (C=O) groups is 2. The molecule has 3 rings (SSSR count). The first-order valence-electron chi connectivity index (χ1n) is 10.7. The van der Waals surface area contributed by atoms with E-state index in [0.29, 0.717) is 29.2 Å². The number of benzene rings is 2. The largest absolute Gasteiger partial charge is 0.493 e. The van der Waals surface area contributed by atoms with Crippen molar-refractivity contribution >= 4 is 11.8 Å². The summed E-state index contributed by atoms with van der Waals surface area (Å²) in [6.07, 6.45) is 2.35. The van der Waals surface area contributed by atoms with Gasteiger partial charge < -0.3 is 20.1 Å². The predicted molar refractivity (Wildman–Crippen MR) is 124 cm³/mol. The molecule has 0 aliphatic heterocycles. The number of rotatable bonds is 10. The summed E-state index contributed by atoms with van der Waals surface area (Å²) in [5.74, 6) is -0.0417. The van der Waals surface area contributed by atoms with E-state index in [1.807, 2.05) is 31.2 Å². The van der Waals surface area contributed by atoms with E-state index in [1.54, 1.807) is 18.2 Å². The molecule has 2 aromatic carbocycles. The maximum absolute atomic E-state index is 12.5. The van der Waals surface area contributed by atoms with E-state index >= 15 is 0 Å². The SMILES string of the molecule is CCc1ccc(C(C#N)NC(=O)c2cn(CCNC(=O)c3cccc(OC)c3OC)nn2)cc1. The van der Waals surface area contributed by atoms with Crippen molar-refractivity contribution in [3.05, 3.63) is 71.0 Å². The number of nitrogens with one attached hydrogen (secondary N) is 2. The smallest absolute Gasteiger partial charge is 0.274 e. The molecule has 3 aromatic rings. The molecule has 1 aromatic heterocycles. The average Bonchev–Trinajstić information content (AvgIpc) is 3.35. The molecule has 2 N–H and O–H groups in total. The minimum absolute atomic E-state index is 0.0752. The van der Waals surface area contributed by atoms with Crippen LogP contribution in [-0.4, -0.2) is 47.6 Å². The topological polar surface area (TPSA) is 131 Å². The Morgan fingerprint density at radius 3 is 2.53 bits per heavy atom. The average molecular weight is 463 g/mol. The minimum atomic E-state index is -0.805. The van der Waals surface area contributed by atoms with Crippen LogP contribution in [0.3, 0.4) is 0 Å². The fourth-order valence-electron chi connectivity index (χ4n) is 3.30. The summed E-state index contributed by atoms with van der Waals surface area (Å²) in [4.78, 5) is 25.1. The first kappa shape index (κ1) is 24.3. The van der Waals surface area contributed by atoms with Crippen LogP contribution in [0.5, 0.6) is 11.5 Å². The lowest BCUT2D eigenvalue weighted by Crippen LogP contribution is -2.28. The number of hydrogen-bond donors (Lipinski definition) is 2. The molecule has 0 aliphatic rings. The summed E-state index contributed by atoms with van der Waals surface area (Å²) in [6.45, 7) is 2.58. The highest BCUT2D eigenvalue weighted by Gasteiger charge is 2.19. The Hall–Kier alpha value is -4.39. The molecule has 0 spiro atoms. The van der Waals surface area contributed by atoms with Gasteiger partial charge in [-0.25, -0.2) is 4.68 Å². The van der Waals surface area contributed by atoms with Crippen molar-refractivity contribution in [2.45, 2.75) is 25.9 Å². The van der Waals surface area contributed by atoms with Gasteiger partial charge in [0.15, 0.2) is 17.2 Å². The third-order valence-corrected chi connectivity index (χ3v) is 5.17. The molecule has 0 saturated carbocycles. The molecule has 0 radical (unpaired) electrons. The molecule has 10 nitrogen and oxygen atoms in total. The second-order valence-electron chi connectivity index (χ2n) is 7.29. The van der Waals surface area contributed by atoms with Gasteiger partial charge in [-0.2, -0.15) is 5.26 Å². The number of ether oxygens (including phenoxy) is 2. The number of aryl methyl sites for hydroxylation is 1. The molecular weight excluding hydrogens is 436 g/mol. The van der Waals surface area contributed by atoms with Gasteiger partial charge in [0.05, 0.1) is 38.6 Å². The molecule has 0 saturated heterocycles. The number of nitriles is 1. The van der Waals surface area contributed by atoms with Gasteiger partial charge in [0, 0.05) is 6.54 Å². The van der Waals surface area contributed by atoms with Gasteiger partial charge in [0.1, 0.15) is 6.04 Å². The maximum atomic E-state index is 12.5. The number of para-hydroxylation sites is 1. The number of hydrogen-bond acceptors (Lipinski definition) is 7. The Morgan fingerprint density at radius 1 is 1.12 bits per heavy atom. The van der Waals surface area contributed by atoms with Crippen molar-refractivity contribution in [3.63, 3.8) is 0 Å². The van der Waals surface area contributed by atoms with E-state index in [-0.39, 0.29) is 18.1 Å². The summed E-state index contributed by atoms with van der Waals surface area (Å²) < 4.78 is 11.9. The summed E-state index contributed by atoms with van der Waals surface area (Å²) in [6, 6.07) is 13.8. The van der Waals surface area contributed by atoms with Gasteiger partial charge in [-0.1, -0.05) is 42.5 Å². The summed E-state index contributed by atoms with van der Waals surface area (Å²) in [5, 5.41) is 22.7. The van der Waals surface area contributed by atoms with Crippen LogP contribution in [0.4, 0.5) is 0 Å². The van der Waals surface area contributed by atoms with Gasteiger partial charge in [0.2, 0.25) is 0 Å². The van der Waals surface area contributed by atoms with Crippen molar-refractivity contribution < 1.29 is 19.1 Å². The molecule has 1 atom stereocenters. The number of nitrogens with zero attached hydrogens (tertiary/aromatic N) is 4. The fourth-order valence-corrected chi connectivity index (χ4v) is 3.30. The van der Waals surface area contributed by atoms with E-state index in [0.717, 1.165) is 12.0 Å². The fraction of sp³-hybridized carbons (Fsp3) is 0.292. The summed E-state index contributed by atoms with van der Waals surface area (Å²) in [5.41, 5.74) is 2.25.